The van der Waals surface area contributed by atoms with E-state index in [0.717, 1.165) is 16.7 Å². The van der Waals surface area contributed by atoms with Gasteiger partial charge in [0.25, 0.3) is 5.91 Å². The van der Waals surface area contributed by atoms with Gasteiger partial charge in [-0.25, -0.2) is 0 Å². The fourth-order valence-corrected chi connectivity index (χ4v) is 3.56. The van der Waals surface area contributed by atoms with Gasteiger partial charge >= 0.3 is 0 Å². The summed E-state index contributed by atoms with van der Waals surface area (Å²) < 4.78 is 5.77. The van der Waals surface area contributed by atoms with Crippen LogP contribution in [0.3, 0.4) is 0 Å². The predicted octanol–water partition coefficient (Wildman–Crippen LogP) is 5.71. The van der Waals surface area contributed by atoms with Crippen molar-refractivity contribution in [2.75, 3.05) is 6.61 Å². The van der Waals surface area contributed by atoms with Crippen LogP contribution in [0.1, 0.15) is 50.8 Å². The summed E-state index contributed by atoms with van der Waals surface area (Å²) in [5.74, 6) is 0.118. The molecule has 0 heterocycles. The van der Waals surface area contributed by atoms with E-state index in [4.69, 9.17) is 27.9 Å². The molecule has 0 fully saturated rings. The summed E-state index contributed by atoms with van der Waals surface area (Å²) in [6.07, 6.45) is 0.457. The van der Waals surface area contributed by atoms with Crippen molar-refractivity contribution < 1.29 is 14.3 Å². The number of carbonyl (C=O) groups excluding carboxylic acids is 2. The zero-order valence-corrected chi connectivity index (χ0v) is 21.1. The van der Waals surface area contributed by atoms with Gasteiger partial charge < -0.3 is 15.0 Å². The maximum atomic E-state index is 13.3. The second-order valence-electron chi connectivity index (χ2n) is 8.97. The first kappa shape index (κ1) is 26.0. The third-order valence-corrected chi connectivity index (χ3v) is 5.80. The molecule has 0 bridgehead atoms. The van der Waals surface area contributed by atoms with Crippen molar-refractivity contribution in [2.45, 2.75) is 66.1 Å². The quantitative estimate of drug-likeness (QED) is 0.528. The number of benzene rings is 2. The minimum atomic E-state index is -0.653. The van der Waals surface area contributed by atoms with Crippen molar-refractivity contribution in [3.63, 3.8) is 0 Å². The van der Waals surface area contributed by atoms with Gasteiger partial charge in [0.05, 0.1) is 10.0 Å². The number of rotatable bonds is 8. The standard InChI is InChI=1S/C25H32Cl2N2O3/c1-7-22(24(31)28-25(4,5)6)29(14-18-9-11-20(26)21(27)13-18)23(30)15-32-19-10-8-16(2)17(3)12-19/h8-13,22H,7,14-15H2,1-6H3,(H,28,31)/t22-/m1/s1. The Labute approximate surface area is 201 Å². The van der Waals surface area contributed by atoms with Crippen LogP contribution in [-0.4, -0.2) is 34.9 Å². The fourth-order valence-electron chi connectivity index (χ4n) is 3.24. The molecule has 7 heteroatoms. The second kappa shape index (κ2) is 11.1. The molecule has 2 amide bonds. The largest absolute Gasteiger partial charge is 0.484 e. The Morgan fingerprint density at radius 1 is 1.03 bits per heavy atom. The van der Waals surface area contributed by atoms with Crippen molar-refractivity contribution in [3.05, 3.63) is 63.1 Å². The lowest BCUT2D eigenvalue weighted by Crippen LogP contribution is -2.54. The molecule has 1 atom stereocenters. The van der Waals surface area contributed by atoms with Gasteiger partial charge in [0.1, 0.15) is 11.8 Å². The third-order valence-electron chi connectivity index (χ3n) is 5.06. The molecule has 0 saturated carbocycles. The van der Waals surface area contributed by atoms with E-state index in [2.05, 4.69) is 5.32 Å². The Bertz CT molecular complexity index is 970. The first-order valence-corrected chi connectivity index (χ1v) is 11.4. The second-order valence-corrected chi connectivity index (χ2v) is 9.78. The molecule has 0 saturated heterocycles. The van der Waals surface area contributed by atoms with Crippen LogP contribution in [0, 0.1) is 13.8 Å². The van der Waals surface area contributed by atoms with Crippen LogP contribution in [0.15, 0.2) is 36.4 Å². The summed E-state index contributed by atoms with van der Waals surface area (Å²) in [6, 6.07) is 10.2. The molecular weight excluding hydrogens is 447 g/mol. The van der Waals surface area contributed by atoms with Gasteiger partial charge in [-0.2, -0.15) is 0 Å². The number of hydrogen-bond donors (Lipinski definition) is 1. The first-order valence-electron chi connectivity index (χ1n) is 10.7. The van der Waals surface area contributed by atoms with Crippen molar-refractivity contribution in [2.24, 2.45) is 0 Å². The van der Waals surface area contributed by atoms with Crippen molar-refractivity contribution in [1.82, 2.24) is 10.2 Å². The molecule has 0 aromatic heterocycles. The Hall–Kier alpha value is -2.24. The predicted molar refractivity (Wildman–Crippen MR) is 130 cm³/mol. The number of amides is 2. The zero-order valence-electron chi connectivity index (χ0n) is 19.6. The number of halogens is 2. The number of nitrogens with one attached hydrogen (secondary N) is 1. The van der Waals surface area contributed by atoms with Gasteiger partial charge in [0, 0.05) is 12.1 Å². The van der Waals surface area contributed by atoms with Crippen LogP contribution < -0.4 is 10.1 Å². The Kier molecular flexibility index (Phi) is 8.99. The van der Waals surface area contributed by atoms with Crippen molar-refractivity contribution >= 4 is 35.0 Å². The molecule has 0 spiro atoms. The number of aryl methyl sites for hydroxylation is 2. The van der Waals surface area contributed by atoms with Gasteiger partial charge in [-0.05, 0) is 82.0 Å². The molecule has 2 rings (SSSR count). The van der Waals surface area contributed by atoms with Crippen molar-refractivity contribution in [1.29, 1.82) is 0 Å². The smallest absolute Gasteiger partial charge is 0.261 e. The zero-order chi connectivity index (χ0) is 24.1. The number of hydrogen-bond acceptors (Lipinski definition) is 3. The summed E-state index contributed by atoms with van der Waals surface area (Å²) in [4.78, 5) is 27.8. The Morgan fingerprint density at radius 2 is 1.72 bits per heavy atom. The van der Waals surface area contributed by atoms with Gasteiger partial charge in [-0.1, -0.05) is 42.3 Å². The molecule has 32 heavy (non-hydrogen) atoms. The molecular formula is C25H32Cl2N2O3. The van der Waals surface area contributed by atoms with E-state index in [1.807, 2.05) is 59.7 Å². The van der Waals surface area contributed by atoms with E-state index in [9.17, 15) is 9.59 Å². The van der Waals surface area contributed by atoms with Crippen LogP contribution in [0.5, 0.6) is 5.75 Å². The van der Waals surface area contributed by atoms with E-state index < -0.39 is 11.6 Å². The average Bonchev–Trinajstić information content (AvgIpc) is 2.69. The summed E-state index contributed by atoms with van der Waals surface area (Å²) >= 11 is 12.2. The first-order chi connectivity index (χ1) is 14.9. The molecule has 0 aliphatic rings. The third kappa shape index (κ3) is 7.42. The van der Waals surface area contributed by atoms with Gasteiger partial charge in [0.15, 0.2) is 6.61 Å². The van der Waals surface area contributed by atoms with Crippen LogP contribution >= 0.6 is 23.2 Å². The van der Waals surface area contributed by atoms with E-state index >= 15 is 0 Å². The summed E-state index contributed by atoms with van der Waals surface area (Å²) in [5, 5.41) is 3.81. The Balaban J connectivity index is 2.27. The van der Waals surface area contributed by atoms with Crippen LogP contribution in [0.4, 0.5) is 0 Å². The van der Waals surface area contributed by atoms with E-state index in [1.54, 1.807) is 23.1 Å². The van der Waals surface area contributed by atoms with Crippen LogP contribution in [-0.2, 0) is 16.1 Å². The molecule has 174 valence electrons. The SMILES string of the molecule is CC[C@H](C(=O)NC(C)(C)C)N(Cc1ccc(Cl)c(Cl)c1)C(=O)COc1ccc(C)c(C)c1. The Morgan fingerprint density at radius 3 is 2.28 bits per heavy atom. The summed E-state index contributed by atoms with van der Waals surface area (Å²) in [5.41, 5.74) is 2.59. The molecule has 0 aliphatic heterocycles. The maximum absolute atomic E-state index is 13.3. The molecule has 0 radical (unpaired) electrons. The normalized spacial score (nSPS) is 12.2. The average molecular weight is 479 g/mol. The van der Waals surface area contributed by atoms with Gasteiger partial charge in [-0.3, -0.25) is 9.59 Å². The molecule has 2 aromatic carbocycles. The van der Waals surface area contributed by atoms with E-state index in [0.29, 0.717) is 22.2 Å². The summed E-state index contributed by atoms with van der Waals surface area (Å²) in [7, 11) is 0. The number of nitrogens with zero attached hydrogens (tertiary/aromatic N) is 1. The number of ether oxygens (including phenoxy) is 1. The van der Waals surface area contributed by atoms with Crippen molar-refractivity contribution in [3.8, 4) is 5.75 Å². The topological polar surface area (TPSA) is 58.6 Å². The lowest BCUT2D eigenvalue weighted by molar-refractivity contribution is -0.143. The monoisotopic (exact) mass is 478 g/mol. The molecule has 2 aromatic rings. The highest BCUT2D eigenvalue weighted by molar-refractivity contribution is 6.42. The van der Waals surface area contributed by atoms with Gasteiger partial charge in [-0.15, -0.1) is 0 Å². The van der Waals surface area contributed by atoms with Crippen LogP contribution in [0.2, 0.25) is 10.0 Å². The molecule has 1 N–H and O–H groups in total. The minimum Gasteiger partial charge on any atom is -0.484 e. The minimum absolute atomic E-state index is 0.177. The molecule has 5 nitrogen and oxygen atoms in total. The summed E-state index contributed by atoms with van der Waals surface area (Å²) in [6.45, 7) is 11.6. The highest BCUT2D eigenvalue weighted by Gasteiger charge is 2.31. The molecule has 0 aliphatic carbocycles. The maximum Gasteiger partial charge on any atom is 0.261 e. The lowest BCUT2D eigenvalue weighted by atomic mass is 10.1. The molecule has 0 unspecified atom stereocenters. The van der Waals surface area contributed by atoms with Gasteiger partial charge in [0.2, 0.25) is 5.91 Å². The fraction of sp³-hybridized carbons (Fsp3) is 0.440. The number of carbonyl (C=O) groups is 2. The van der Waals surface area contributed by atoms with Crippen LogP contribution in [0.25, 0.3) is 0 Å². The highest BCUT2D eigenvalue weighted by atomic mass is 35.5. The van der Waals surface area contributed by atoms with E-state index in [1.165, 1.54) is 0 Å². The van der Waals surface area contributed by atoms with E-state index in [-0.39, 0.29) is 25.0 Å². The lowest BCUT2D eigenvalue weighted by Gasteiger charge is -2.33. The highest BCUT2D eigenvalue weighted by Crippen LogP contribution is 2.24.